The van der Waals surface area contributed by atoms with E-state index in [1.54, 1.807) is 31.2 Å². The Balaban J connectivity index is 2.86. The number of hydrogen-bond acceptors (Lipinski definition) is 0. The van der Waals surface area contributed by atoms with Gasteiger partial charge in [0, 0.05) is 0 Å². The van der Waals surface area contributed by atoms with Gasteiger partial charge in [0.15, 0.2) is 0 Å². The van der Waals surface area contributed by atoms with Gasteiger partial charge < -0.3 is 0 Å². The summed E-state index contributed by atoms with van der Waals surface area (Å²) in [5.41, 5.74) is 0.0959. The fourth-order valence-corrected chi connectivity index (χ4v) is 1.76. The molecule has 0 atom stereocenters. The minimum absolute atomic E-state index is 0.299. The van der Waals surface area contributed by atoms with Gasteiger partial charge in [-0.15, -0.1) is 0 Å². The van der Waals surface area contributed by atoms with Crippen molar-refractivity contribution in [3.8, 4) is 0 Å². The van der Waals surface area contributed by atoms with E-state index < -0.39 is 11.7 Å². The van der Waals surface area contributed by atoms with E-state index in [9.17, 15) is 13.2 Å². The number of fused-ring (bicyclic) bond motifs is 1. The van der Waals surface area contributed by atoms with E-state index in [-0.39, 0.29) is 0 Å². The van der Waals surface area contributed by atoms with E-state index >= 15 is 0 Å². The molecule has 0 aliphatic heterocycles. The molecule has 15 heavy (non-hydrogen) atoms. The molecule has 0 N–H and O–H groups in total. The van der Waals surface area contributed by atoms with Gasteiger partial charge in [-0.2, -0.15) is 13.2 Å². The lowest BCUT2D eigenvalue weighted by molar-refractivity contribution is -0.136. The number of halogens is 3. The molecule has 0 spiro atoms. The number of hydrogen-bond donors (Lipinski definition) is 0. The molecule has 0 radical (unpaired) electrons. The third-order valence-electron chi connectivity index (χ3n) is 2.42. The van der Waals surface area contributed by atoms with Crippen molar-refractivity contribution in [2.45, 2.75) is 13.1 Å². The van der Waals surface area contributed by atoms with Crippen LogP contribution in [0.1, 0.15) is 11.1 Å². The molecular formula is C12H9F3. The van der Waals surface area contributed by atoms with Gasteiger partial charge in [-0.3, -0.25) is 0 Å². The first-order valence-electron chi connectivity index (χ1n) is 4.55. The van der Waals surface area contributed by atoms with Crippen molar-refractivity contribution in [2.75, 3.05) is 0 Å². The van der Waals surface area contributed by atoms with Crippen LogP contribution in [0.4, 0.5) is 13.2 Å². The van der Waals surface area contributed by atoms with E-state index in [2.05, 4.69) is 0 Å². The molecule has 2 rings (SSSR count). The predicted molar refractivity (Wildman–Crippen MR) is 53.7 cm³/mol. The summed E-state index contributed by atoms with van der Waals surface area (Å²) in [6.07, 6.45) is -4.29. The van der Waals surface area contributed by atoms with E-state index in [1.807, 2.05) is 0 Å². The zero-order chi connectivity index (χ0) is 11.1. The molecule has 78 valence electrons. The first-order chi connectivity index (χ1) is 7.00. The topological polar surface area (TPSA) is 0 Å². The van der Waals surface area contributed by atoms with Crippen LogP contribution in [0, 0.1) is 6.92 Å². The Morgan fingerprint density at radius 2 is 1.53 bits per heavy atom. The van der Waals surface area contributed by atoms with Gasteiger partial charge in [0.05, 0.1) is 5.56 Å². The highest BCUT2D eigenvalue weighted by Crippen LogP contribution is 2.35. The van der Waals surface area contributed by atoms with Crippen LogP contribution < -0.4 is 0 Å². The number of alkyl halides is 3. The fraction of sp³-hybridized carbons (Fsp3) is 0.167. The molecule has 2 aromatic carbocycles. The Hall–Kier alpha value is -1.51. The van der Waals surface area contributed by atoms with Gasteiger partial charge in [0.25, 0.3) is 0 Å². The van der Waals surface area contributed by atoms with Gasteiger partial charge in [0.2, 0.25) is 0 Å². The lowest BCUT2D eigenvalue weighted by atomic mass is 10.00. The molecule has 0 saturated heterocycles. The molecule has 0 unspecified atom stereocenters. The molecule has 0 bridgehead atoms. The maximum atomic E-state index is 12.7. The highest BCUT2D eigenvalue weighted by Gasteiger charge is 2.32. The number of benzene rings is 2. The summed E-state index contributed by atoms with van der Waals surface area (Å²) >= 11 is 0. The molecule has 0 heterocycles. The SMILES string of the molecule is Cc1cccc2cccc(C(F)(F)F)c12. The summed E-state index contributed by atoms with van der Waals surface area (Å²) in [6, 6.07) is 9.39. The largest absolute Gasteiger partial charge is 0.417 e. The van der Waals surface area contributed by atoms with Crippen LogP contribution in [0.15, 0.2) is 36.4 Å². The van der Waals surface area contributed by atoms with Crippen LogP contribution in [0.25, 0.3) is 10.8 Å². The zero-order valence-corrected chi connectivity index (χ0v) is 8.10. The first-order valence-corrected chi connectivity index (χ1v) is 4.55. The lowest BCUT2D eigenvalue weighted by Crippen LogP contribution is -2.06. The molecule has 2 aromatic rings. The smallest absolute Gasteiger partial charge is 0.166 e. The molecule has 0 aromatic heterocycles. The minimum atomic E-state index is -4.29. The molecule has 3 heteroatoms. The van der Waals surface area contributed by atoms with Crippen molar-refractivity contribution in [1.29, 1.82) is 0 Å². The molecule has 0 nitrogen and oxygen atoms in total. The summed E-state index contributed by atoms with van der Waals surface area (Å²) in [5, 5.41) is 0.928. The van der Waals surface area contributed by atoms with E-state index in [1.165, 1.54) is 6.07 Å². The highest BCUT2D eigenvalue weighted by molar-refractivity contribution is 5.89. The monoisotopic (exact) mass is 210 g/mol. The molecular weight excluding hydrogens is 201 g/mol. The van der Waals surface area contributed by atoms with Crippen LogP contribution in [0.5, 0.6) is 0 Å². The lowest BCUT2D eigenvalue weighted by Gasteiger charge is -2.11. The van der Waals surface area contributed by atoms with Gasteiger partial charge >= 0.3 is 6.18 Å². The van der Waals surface area contributed by atoms with Gasteiger partial charge in [-0.25, -0.2) is 0 Å². The Labute approximate surface area is 85.3 Å². The van der Waals surface area contributed by atoms with Gasteiger partial charge in [0.1, 0.15) is 0 Å². The Bertz CT molecular complexity index is 492. The Kier molecular flexibility index (Phi) is 2.18. The molecule has 0 amide bonds. The number of aryl methyl sites for hydroxylation is 1. The Morgan fingerprint density at radius 3 is 2.13 bits per heavy atom. The van der Waals surface area contributed by atoms with Gasteiger partial charge in [-0.1, -0.05) is 30.3 Å². The van der Waals surface area contributed by atoms with Gasteiger partial charge in [-0.05, 0) is 29.3 Å². The standard InChI is InChI=1S/C12H9F3/c1-8-4-2-5-9-6-3-7-10(11(8)9)12(13,14)15/h2-7H,1H3. The summed E-state index contributed by atoms with van der Waals surface area (Å²) in [6.45, 7) is 1.69. The van der Waals surface area contributed by atoms with Crippen LogP contribution in [-0.2, 0) is 6.18 Å². The van der Waals surface area contributed by atoms with E-state index in [0.29, 0.717) is 16.3 Å². The van der Waals surface area contributed by atoms with Crippen molar-refractivity contribution >= 4 is 10.8 Å². The average Bonchev–Trinajstić information content (AvgIpc) is 2.16. The fourth-order valence-electron chi connectivity index (χ4n) is 1.76. The summed E-state index contributed by atoms with van der Waals surface area (Å²) in [4.78, 5) is 0. The predicted octanol–water partition coefficient (Wildman–Crippen LogP) is 4.17. The van der Waals surface area contributed by atoms with Crippen molar-refractivity contribution < 1.29 is 13.2 Å². The molecule has 0 aliphatic rings. The maximum Gasteiger partial charge on any atom is 0.417 e. The third kappa shape index (κ3) is 1.69. The van der Waals surface area contributed by atoms with E-state index in [4.69, 9.17) is 0 Å². The molecule has 0 fully saturated rings. The molecule has 0 saturated carbocycles. The second kappa shape index (κ2) is 3.26. The second-order valence-corrected chi connectivity index (χ2v) is 3.48. The minimum Gasteiger partial charge on any atom is -0.166 e. The average molecular weight is 210 g/mol. The van der Waals surface area contributed by atoms with Crippen LogP contribution in [0.2, 0.25) is 0 Å². The third-order valence-corrected chi connectivity index (χ3v) is 2.42. The van der Waals surface area contributed by atoms with Crippen LogP contribution in [0.3, 0.4) is 0 Å². The van der Waals surface area contributed by atoms with Crippen molar-refractivity contribution in [3.63, 3.8) is 0 Å². The highest BCUT2D eigenvalue weighted by atomic mass is 19.4. The van der Waals surface area contributed by atoms with Crippen molar-refractivity contribution in [2.24, 2.45) is 0 Å². The summed E-state index contributed by atoms with van der Waals surface area (Å²) < 4.78 is 38.1. The normalized spacial score (nSPS) is 12.0. The van der Waals surface area contributed by atoms with Crippen molar-refractivity contribution in [3.05, 3.63) is 47.5 Å². The first kappa shape index (κ1) is 10.0. The van der Waals surface area contributed by atoms with Crippen LogP contribution in [-0.4, -0.2) is 0 Å². The molecule has 0 aliphatic carbocycles. The maximum absolute atomic E-state index is 12.7. The van der Waals surface area contributed by atoms with Crippen LogP contribution >= 0.6 is 0 Å². The number of rotatable bonds is 0. The second-order valence-electron chi connectivity index (χ2n) is 3.48. The summed E-state index contributed by atoms with van der Waals surface area (Å²) in [5.74, 6) is 0. The Morgan fingerprint density at radius 1 is 0.933 bits per heavy atom. The summed E-state index contributed by atoms with van der Waals surface area (Å²) in [7, 11) is 0. The quantitative estimate of drug-likeness (QED) is 0.612. The zero-order valence-electron chi connectivity index (χ0n) is 8.10. The van der Waals surface area contributed by atoms with E-state index in [0.717, 1.165) is 6.07 Å². The van der Waals surface area contributed by atoms with Crippen molar-refractivity contribution in [1.82, 2.24) is 0 Å².